The average molecular weight is 282 g/mol. The van der Waals surface area contributed by atoms with Crippen LogP contribution in [0.3, 0.4) is 0 Å². The largest absolute Gasteiger partial charge is 0.476 e. The number of thiazole rings is 1. The number of aromatic nitrogens is 1. The molecule has 106 valence electrons. The number of anilines is 1. The van der Waals surface area contributed by atoms with E-state index in [-0.39, 0.29) is 16.5 Å². The molecule has 0 spiro atoms. The molecule has 1 aromatic rings. The zero-order valence-corrected chi connectivity index (χ0v) is 12.8. The quantitative estimate of drug-likeness (QED) is 0.883. The van der Waals surface area contributed by atoms with Gasteiger partial charge in [0.15, 0.2) is 5.69 Å². The first-order chi connectivity index (χ1) is 8.69. The Morgan fingerprint density at radius 3 is 2.47 bits per heavy atom. The molecule has 2 N–H and O–H groups in total. The molecule has 0 atom stereocenters. The molecule has 1 aromatic heterocycles. The summed E-state index contributed by atoms with van der Waals surface area (Å²) in [5, 5.41) is 13.2. The number of carboxylic acids is 1. The summed E-state index contributed by atoms with van der Waals surface area (Å²) in [7, 11) is 0. The Bertz CT molecular complexity index is 464. The highest BCUT2D eigenvalue weighted by atomic mass is 32.1. The van der Waals surface area contributed by atoms with E-state index in [9.17, 15) is 4.79 Å². The summed E-state index contributed by atoms with van der Waals surface area (Å²) in [4.78, 5) is 15.0. The molecule has 1 aliphatic rings. The smallest absolute Gasteiger partial charge is 0.357 e. The van der Waals surface area contributed by atoms with Gasteiger partial charge in [-0.3, -0.25) is 0 Å². The fourth-order valence-corrected chi connectivity index (χ4v) is 4.38. The highest BCUT2D eigenvalue weighted by molar-refractivity contribution is 7.14. The van der Waals surface area contributed by atoms with E-state index in [0.29, 0.717) is 11.0 Å². The zero-order chi connectivity index (χ0) is 14.3. The molecule has 19 heavy (non-hydrogen) atoms. The molecule has 0 saturated heterocycles. The van der Waals surface area contributed by atoms with E-state index in [4.69, 9.17) is 5.11 Å². The third-order valence-electron chi connectivity index (χ3n) is 3.66. The molecule has 0 amide bonds. The lowest BCUT2D eigenvalue weighted by Gasteiger charge is -2.45. The van der Waals surface area contributed by atoms with Crippen molar-refractivity contribution in [3.8, 4) is 0 Å². The van der Waals surface area contributed by atoms with Gasteiger partial charge in [-0.2, -0.15) is 0 Å². The number of nitrogens with one attached hydrogen (secondary N) is 1. The predicted octanol–water partition coefficient (Wildman–Crippen LogP) is 3.86. The van der Waals surface area contributed by atoms with Gasteiger partial charge < -0.3 is 10.4 Å². The van der Waals surface area contributed by atoms with E-state index in [0.717, 1.165) is 12.8 Å². The second kappa shape index (κ2) is 4.78. The molecular formula is C14H22N2O2S. The summed E-state index contributed by atoms with van der Waals surface area (Å²) < 4.78 is 0. The summed E-state index contributed by atoms with van der Waals surface area (Å²) in [5.74, 6) is -0.960. The number of nitrogens with zero attached hydrogens (tertiary/aromatic N) is 1. The van der Waals surface area contributed by atoms with Gasteiger partial charge >= 0.3 is 5.97 Å². The van der Waals surface area contributed by atoms with Crippen molar-refractivity contribution in [3.05, 3.63) is 11.2 Å². The van der Waals surface area contributed by atoms with Crippen LogP contribution in [0.25, 0.3) is 0 Å². The van der Waals surface area contributed by atoms with Gasteiger partial charge in [0.25, 0.3) is 0 Å². The SMILES string of the molecule is CC1(C)CC(Nc2scnc2C(=O)O)CC(C)(C)C1. The molecular weight excluding hydrogens is 260 g/mol. The minimum Gasteiger partial charge on any atom is -0.476 e. The summed E-state index contributed by atoms with van der Waals surface area (Å²) in [6.45, 7) is 9.14. The van der Waals surface area contributed by atoms with E-state index in [1.807, 2.05) is 0 Å². The van der Waals surface area contributed by atoms with Crippen LogP contribution in [0.4, 0.5) is 5.00 Å². The second-order valence-electron chi connectivity index (χ2n) is 7.09. The van der Waals surface area contributed by atoms with Crippen LogP contribution >= 0.6 is 11.3 Å². The Kier molecular flexibility index (Phi) is 3.60. The molecule has 2 rings (SSSR count). The van der Waals surface area contributed by atoms with Crippen molar-refractivity contribution in [2.45, 2.75) is 53.0 Å². The molecule has 1 fully saturated rings. The van der Waals surface area contributed by atoms with E-state index in [1.54, 1.807) is 5.51 Å². The summed E-state index contributed by atoms with van der Waals surface area (Å²) in [6, 6.07) is 0.317. The van der Waals surface area contributed by atoms with Crippen LogP contribution in [-0.4, -0.2) is 22.1 Å². The molecule has 0 bridgehead atoms. The van der Waals surface area contributed by atoms with Gasteiger partial charge in [0.1, 0.15) is 5.00 Å². The molecule has 1 heterocycles. The Labute approximate surface area is 118 Å². The lowest BCUT2D eigenvalue weighted by atomic mass is 9.63. The van der Waals surface area contributed by atoms with Crippen LogP contribution in [0.1, 0.15) is 57.4 Å². The van der Waals surface area contributed by atoms with Gasteiger partial charge in [-0.1, -0.05) is 27.7 Å². The maximum Gasteiger partial charge on any atom is 0.357 e. The zero-order valence-electron chi connectivity index (χ0n) is 12.0. The van der Waals surface area contributed by atoms with Crippen molar-refractivity contribution in [3.63, 3.8) is 0 Å². The van der Waals surface area contributed by atoms with Crippen molar-refractivity contribution < 1.29 is 9.90 Å². The maximum atomic E-state index is 11.1. The summed E-state index contributed by atoms with van der Waals surface area (Å²) in [5.41, 5.74) is 2.30. The van der Waals surface area contributed by atoms with Gasteiger partial charge in [0.2, 0.25) is 0 Å². The number of carboxylic acid groups (broad SMARTS) is 1. The average Bonchev–Trinajstić information content (AvgIpc) is 2.60. The van der Waals surface area contributed by atoms with Crippen LogP contribution in [0.5, 0.6) is 0 Å². The Balaban J connectivity index is 2.14. The number of rotatable bonds is 3. The van der Waals surface area contributed by atoms with Crippen LogP contribution in [-0.2, 0) is 0 Å². The number of hydrogen-bond acceptors (Lipinski definition) is 4. The highest BCUT2D eigenvalue weighted by Gasteiger charge is 2.38. The molecule has 5 heteroatoms. The maximum absolute atomic E-state index is 11.1. The number of carbonyl (C=O) groups is 1. The predicted molar refractivity (Wildman–Crippen MR) is 77.9 cm³/mol. The van der Waals surface area contributed by atoms with Crippen molar-refractivity contribution in [2.75, 3.05) is 5.32 Å². The van der Waals surface area contributed by atoms with E-state index in [1.165, 1.54) is 17.8 Å². The minimum atomic E-state index is -0.960. The van der Waals surface area contributed by atoms with Crippen molar-refractivity contribution >= 4 is 22.3 Å². The fourth-order valence-electron chi connectivity index (χ4n) is 3.63. The molecule has 1 aliphatic carbocycles. The summed E-state index contributed by atoms with van der Waals surface area (Å²) in [6.07, 6.45) is 3.33. The van der Waals surface area contributed by atoms with Crippen LogP contribution < -0.4 is 5.32 Å². The lowest BCUT2D eigenvalue weighted by molar-refractivity contribution is 0.0692. The Morgan fingerprint density at radius 1 is 1.37 bits per heavy atom. The van der Waals surface area contributed by atoms with Gasteiger partial charge in [0, 0.05) is 6.04 Å². The molecule has 1 saturated carbocycles. The standard InChI is InChI=1S/C14H22N2O2S/c1-13(2)5-9(6-14(3,4)7-13)16-11-10(12(17)18)15-8-19-11/h8-9,16H,5-7H2,1-4H3,(H,17,18). The Hall–Kier alpha value is -1.10. The molecule has 0 aromatic carbocycles. The van der Waals surface area contributed by atoms with Crippen LogP contribution in [0.15, 0.2) is 5.51 Å². The Morgan fingerprint density at radius 2 is 1.95 bits per heavy atom. The first kappa shape index (κ1) is 14.3. The van der Waals surface area contributed by atoms with Gasteiger partial charge in [-0.15, -0.1) is 11.3 Å². The molecule has 4 nitrogen and oxygen atoms in total. The van der Waals surface area contributed by atoms with Crippen molar-refractivity contribution in [1.29, 1.82) is 0 Å². The van der Waals surface area contributed by atoms with Crippen LogP contribution in [0, 0.1) is 10.8 Å². The molecule has 0 radical (unpaired) electrons. The highest BCUT2D eigenvalue weighted by Crippen LogP contribution is 2.46. The third kappa shape index (κ3) is 3.47. The van der Waals surface area contributed by atoms with E-state index < -0.39 is 5.97 Å². The van der Waals surface area contributed by atoms with E-state index >= 15 is 0 Å². The second-order valence-corrected chi connectivity index (χ2v) is 7.94. The van der Waals surface area contributed by atoms with Gasteiger partial charge in [-0.25, -0.2) is 9.78 Å². The van der Waals surface area contributed by atoms with Gasteiger partial charge in [-0.05, 0) is 30.1 Å². The topological polar surface area (TPSA) is 62.2 Å². The number of hydrogen-bond donors (Lipinski definition) is 2. The normalized spacial score (nSPS) is 22.1. The first-order valence-corrected chi connectivity index (χ1v) is 7.50. The third-order valence-corrected chi connectivity index (χ3v) is 4.42. The monoisotopic (exact) mass is 282 g/mol. The fraction of sp³-hybridized carbons (Fsp3) is 0.714. The van der Waals surface area contributed by atoms with E-state index in [2.05, 4.69) is 38.0 Å². The van der Waals surface area contributed by atoms with Crippen LogP contribution in [0.2, 0.25) is 0 Å². The van der Waals surface area contributed by atoms with Gasteiger partial charge in [0.05, 0.1) is 5.51 Å². The minimum absolute atomic E-state index is 0.145. The lowest BCUT2D eigenvalue weighted by Crippen LogP contribution is -2.40. The first-order valence-electron chi connectivity index (χ1n) is 6.62. The molecule has 0 unspecified atom stereocenters. The van der Waals surface area contributed by atoms with Crippen molar-refractivity contribution in [1.82, 2.24) is 4.98 Å². The molecule has 0 aliphatic heterocycles. The summed E-state index contributed by atoms with van der Waals surface area (Å²) >= 11 is 1.37. The number of aromatic carboxylic acids is 1. The van der Waals surface area contributed by atoms with Crippen molar-refractivity contribution in [2.24, 2.45) is 10.8 Å².